The molecule has 5 heteroatoms. The maximum atomic E-state index is 11.3. The molecule has 2 aliphatic rings. The van der Waals surface area contributed by atoms with Gasteiger partial charge in [0.1, 0.15) is 0 Å². The smallest absolute Gasteiger partial charge is 0.309 e. The molecule has 1 saturated carbocycles. The molecule has 4 nitrogen and oxygen atoms in total. The minimum atomic E-state index is -0.818. The maximum absolute atomic E-state index is 11.3. The van der Waals surface area contributed by atoms with Gasteiger partial charge < -0.3 is 14.6 Å². The van der Waals surface area contributed by atoms with Crippen LogP contribution in [0.5, 0.6) is 11.5 Å². The lowest BCUT2D eigenvalue weighted by Gasteiger charge is -2.21. The highest BCUT2D eigenvalue weighted by molar-refractivity contribution is 9.10. The molecular formula is C16H19BrO4. The molecular weight excluding hydrogens is 336 g/mol. The van der Waals surface area contributed by atoms with Gasteiger partial charge in [-0.15, -0.1) is 0 Å². The molecule has 1 aromatic carbocycles. The summed E-state index contributed by atoms with van der Waals surface area (Å²) in [6.45, 7) is 3.45. The Hall–Kier alpha value is -1.23. The molecule has 0 bridgehead atoms. The van der Waals surface area contributed by atoms with Crippen molar-refractivity contribution in [2.24, 2.45) is 5.41 Å². The lowest BCUT2D eigenvalue weighted by Crippen LogP contribution is -2.34. The zero-order valence-electron chi connectivity index (χ0n) is 12.2. The Balaban J connectivity index is 1.88. The summed E-state index contributed by atoms with van der Waals surface area (Å²) < 4.78 is 12.9. The van der Waals surface area contributed by atoms with Gasteiger partial charge in [-0.2, -0.15) is 0 Å². The van der Waals surface area contributed by atoms with E-state index in [1.807, 2.05) is 12.1 Å². The minimum Gasteiger partial charge on any atom is -0.481 e. The SMILES string of the molecule is CC(C)(Cc1cc2c(cc1Br)OC1(CCCC1)O2)C(=O)O. The van der Waals surface area contributed by atoms with Crippen molar-refractivity contribution in [1.82, 2.24) is 0 Å². The Morgan fingerprint density at radius 3 is 2.43 bits per heavy atom. The molecule has 1 N–H and O–H groups in total. The van der Waals surface area contributed by atoms with Gasteiger partial charge in [-0.05, 0) is 50.8 Å². The van der Waals surface area contributed by atoms with Crippen molar-refractivity contribution in [3.63, 3.8) is 0 Å². The molecule has 3 rings (SSSR count). The van der Waals surface area contributed by atoms with Gasteiger partial charge in [0, 0.05) is 17.3 Å². The normalized spacial score (nSPS) is 19.2. The lowest BCUT2D eigenvalue weighted by molar-refractivity contribution is -0.146. The van der Waals surface area contributed by atoms with E-state index in [0.717, 1.165) is 47.2 Å². The van der Waals surface area contributed by atoms with E-state index in [4.69, 9.17) is 9.47 Å². The van der Waals surface area contributed by atoms with Gasteiger partial charge in [-0.3, -0.25) is 4.79 Å². The number of carboxylic acids is 1. The third kappa shape index (κ3) is 2.63. The Bertz CT molecular complexity index is 588. The van der Waals surface area contributed by atoms with Crippen LogP contribution in [0.2, 0.25) is 0 Å². The van der Waals surface area contributed by atoms with E-state index in [2.05, 4.69) is 15.9 Å². The quantitative estimate of drug-likeness (QED) is 0.885. The van der Waals surface area contributed by atoms with Crippen LogP contribution < -0.4 is 9.47 Å². The molecule has 0 saturated heterocycles. The van der Waals surface area contributed by atoms with Crippen molar-refractivity contribution in [2.75, 3.05) is 0 Å². The summed E-state index contributed by atoms with van der Waals surface area (Å²) in [5.41, 5.74) is 0.112. The molecule has 1 aliphatic carbocycles. The molecule has 0 atom stereocenters. The summed E-state index contributed by atoms with van der Waals surface area (Å²) in [6, 6.07) is 3.81. The van der Waals surface area contributed by atoms with Gasteiger partial charge in [0.05, 0.1) is 5.41 Å². The van der Waals surface area contributed by atoms with Gasteiger partial charge >= 0.3 is 5.97 Å². The van der Waals surface area contributed by atoms with Crippen molar-refractivity contribution in [3.05, 3.63) is 22.2 Å². The van der Waals surface area contributed by atoms with Gasteiger partial charge in [-0.1, -0.05) is 15.9 Å². The van der Waals surface area contributed by atoms with Gasteiger partial charge in [0.2, 0.25) is 0 Å². The predicted molar refractivity (Wildman–Crippen MR) is 81.7 cm³/mol. The summed E-state index contributed by atoms with van der Waals surface area (Å²) >= 11 is 3.52. The third-order valence-electron chi connectivity index (χ3n) is 4.28. The van der Waals surface area contributed by atoms with E-state index in [1.54, 1.807) is 13.8 Å². The Labute approximate surface area is 132 Å². The summed E-state index contributed by atoms with van der Waals surface area (Å²) in [4.78, 5) is 11.3. The number of fused-ring (bicyclic) bond motifs is 1. The number of aliphatic carboxylic acids is 1. The monoisotopic (exact) mass is 354 g/mol. The molecule has 21 heavy (non-hydrogen) atoms. The zero-order valence-corrected chi connectivity index (χ0v) is 13.8. The Morgan fingerprint density at radius 2 is 1.86 bits per heavy atom. The third-order valence-corrected chi connectivity index (χ3v) is 5.02. The van der Waals surface area contributed by atoms with Crippen molar-refractivity contribution in [2.45, 2.75) is 51.7 Å². The van der Waals surface area contributed by atoms with E-state index in [0.29, 0.717) is 6.42 Å². The second-order valence-electron chi connectivity index (χ2n) is 6.58. The van der Waals surface area contributed by atoms with E-state index in [1.165, 1.54) is 0 Å². The van der Waals surface area contributed by atoms with E-state index < -0.39 is 17.2 Å². The molecule has 1 aromatic rings. The van der Waals surface area contributed by atoms with Crippen LogP contribution in [0.3, 0.4) is 0 Å². The van der Waals surface area contributed by atoms with Crippen molar-refractivity contribution in [3.8, 4) is 11.5 Å². The average Bonchev–Trinajstić information content (AvgIpc) is 2.96. The largest absolute Gasteiger partial charge is 0.481 e. The second kappa shape index (κ2) is 4.90. The minimum absolute atomic E-state index is 0.437. The van der Waals surface area contributed by atoms with Crippen LogP contribution in [0.25, 0.3) is 0 Å². The molecule has 0 aromatic heterocycles. The standard InChI is InChI=1S/C16H19BrO4/c1-15(2,14(18)19)9-10-7-12-13(8-11(10)17)21-16(20-12)5-3-4-6-16/h7-8H,3-6,9H2,1-2H3,(H,18,19). The number of hydrogen-bond acceptors (Lipinski definition) is 3. The fourth-order valence-corrected chi connectivity index (χ4v) is 3.43. The summed E-state index contributed by atoms with van der Waals surface area (Å²) in [5, 5.41) is 9.28. The molecule has 1 spiro atoms. The predicted octanol–water partition coefficient (Wildman–Crippen LogP) is 4.14. The summed E-state index contributed by atoms with van der Waals surface area (Å²) in [7, 11) is 0. The van der Waals surface area contributed by atoms with Crippen LogP contribution in [0, 0.1) is 5.41 Å². The lowest BCUT2D eigenvalue weighted by atomic mass is 9.86. The molecule has 1 aliphatic heterocycles. The van der Waals surface area contributed by atoms with E-state index in [-0.39, 0.29) is 0 Å². The highest BCUT2D eigenvalue weighted by Gasteiger charge is 2.44. The van der Waals surface area contributed by atoms with Crippen molar-refractivity contribution < 1.29 is 19.4 Å². The topological polar surface area (TPSA) is 55.8 Å². The summed E-state index contributed by atoms with van der Waals surface area (Å²) in [6.07, 6.45) is 4.50. The maximum Gasteiger partial charge on any atom is 0.309 e. The Kier molecular flexibility index (Phi) is 3.43. The van der Waals surface area contributed by atoms with E-state index in [9.17, 15) is 9.90 Å². The van der Waals surface area contributed by atoms with Crippen LogP contribution in [-0.4, -0.2) is 16.9 Å². The van der Waals surface area contributed by atoms with Crippen LogP contribution in [0.4, 0.5) is 0 Å². The highest BCUT2D eigenvalue weighted by Crippen LogP contribution is 2.48. The first-order valence-corrected chi connectivity index (χ1v) is 8.05. The van der Waals surface area contributed by atoms with Gasteiger partial charge in [0.25, 0.3) is 5.79 Å². The number of ether oxygens (including phenoxy) is 2. The van der Waals surface area contributed by atoms with Crippen LogP contribution in [0.15, 0.2) is 16.6 Å². The fourth-order valence-electron chi connectivity index (χ4n) is 2.96. The summed E-state index contributed by atoms with van der Waals surface area (Å²) in [5.74, 6) is 0.194. The molecule has 0 unspecified atom stereocenters. The molecule has 0 amide bonds. The molecule has 1 heterocycles. The van der Waals surface area contributed by atoms with Crippen LogP contribution in [0.1, 0.15) is 45.1 Å². The van der Waals surface area contributed by atoms with E-state index >= 15 is 0 Å². The Morgan fingerprint density at radius 1 is 1.29 bits per heavy atom. The highest BCUT2D eigenvalue weighted by atomic mass is 79.9. The molecule has 114 valence electrons. The first-order valence-electron chi connectivity index (χ1n) is 7.25. The number of carbonyl (C=O) groups is 1. The number of carboxylic acid groups (broad SMARTS) is 1. The van der Waals surface area contributed by atoms with Gasteiger partial charge in [0.15, 0.2) is 11.5 Å². The fraction of sp³-hybridized carbons (Fsp3) is 0.562. The van der Waals surface area contributed by atoms with Gasteiger partial charge in [-0.25, -0.2) is 0 Å². The zero-order chi connectivity index (χ0) is 15.3. The average molecular weight is 355 g/mol. The number of halogens is 1. The second-order valence-corrected chi connectivity index (χ2v) is 7.43. The first kappa shape index (κ1) is 14.7. The van der Waals surface area contributed by atoms with Crippen molar-refractivity contribution >= 4 is 21.9 Å². The number of hydrogen-bond donors (Lipinski definition) is 1. The van der Waals surface area contributed by atoms with Crippen LogP contribution in [-0.2, 0) is 11.2 Å². The van der Waals surface area contributed by atoms with Crippen LogP contribution >= 0.6 is 15.9 Å². The first-order chi connectivity index (χ1) is 9.81. The molecule has 1 fully saturated rings. The number of benzene rings is 1. The van der Waals surface area contributed by atoms with Crippen molar-refractivity contribution in [1.29, 1.82) is 0 Å². The number of rotatable bonds is 3. The molecule has 0 radical (unpaired) electrons.